The summed E-state index contributed by atoms with van der Waals surface area (Å²) in [7, 11) is 2.03. The summed E-state index contributed by atoms with van der Waals surface area (Å²) in [6.45, 7) is 3.54. The van der Waals surface area contributed by atoms with Gasteiger partial charge in [-0.25, -0.2) is 0 Å². The van der Waals surface area contributed by atoms with Crippen LogP contribution in [0.2, 0.25) is 0 Å². The molecule has 1 spiro atoms. The fourth-order valence-electron chi connectivity index (χ4n) is 3.89. The minimum atomic E-state index is 0.656. The maximum atomic E-state index is 3.28. The Labute approximate surface area is 117 Å². The maximum absolute atomic E-state index is 3.28. The van der Waals surface area contributed by atoms with Crippen LogP contribution in [0.3, 0.4) is 0 Å². The minimum Gasteiger partial charge on any atom is -0.370 e. The summed E-state index contributed by atoms with van der Waals surface area (Å²) in [6, 6.07) is 8.87. The van der Waals surface area contributed by atoms with Crippen molar-refractivity contribution in [1.82, 2.24) is 5.32 Å². The molecule has 1 aliphatic heterocycles. The van der Waals surface area contributed by atoms with Crippen LogP contribution in [0.25, 0.3) is 0 Å². The predicted molar refractivity (Wildman–Crippen MR) is 81.6 cm³/mol. The Morgan fingerprint density at radius 1 is 1.05 bits per heavy atom. The number of anilines is 1. The van der Waals surface area contributed by atoms with Gasteiger partial charge in [-0.15, -0.1) is 0 Å². The van der Waals surface area contributed by atoms with E-state index >= 15 is 0 Å². The van der Waals surface area contributed by atoms with E-state index in [-0.39, 0.29) is 0 Å². The van der Waals surface area contributed by atoms with Crippen LogP contribution in [0.4, 0.5) is 5.69 Å². The number of nitrogens with one attached hydrogen (secondary N) is 1. The molecule has 1 aromatic carbocycles. The third kappa shape index (κ3) is 2.64. The quantitative estimate of drug-likeness (QED) is 0.891. The second-order valence-corrected chi connectivity index (χ2v) is 6.43. The second-order valence-electron chi connectivity index (χ2n) is 6.43. The number of para-hydroxylation sites is 1. The summed E-state index contributed by atoms with van der Waals surface area (Å²) in [5, 5.41) is 3.28. The zero-order valence-corrected chi connectivity index (χ0v) is 12.1. The van der Waals surface area contributed by atoms with E-state index in [1.54, 1.807) is 0 Å². The summed E-state index contributed by atoms with van der Waals surface area (Å²) >= 11 is 0. The van der Waals surface area contributed by atoms with Crippen molar-refractivity contribution in [2.45, 2.75) is 45.1 Å². The summed E-state index contributed by atoms with van der Waals surface area (Å²) in [5.41, 5.74) is 3.55. The van der Waals surface area contributed by atoms with Gasteiger partial charge in [-0.1, -0.05) is 43.9 Å². The molecule has 2 heteroatoms. The Kier molecular flexibility index (Phi) is 3.79. The summed E-state index contributed by atoms with van der Waals surface area (Å²) in [4.78, 5) is 2.60. The SMILES string of the molecule is CNCc1ccccc1N1CC2(CCCCCC2)C1. The van der Waals surface area contributed by atoms with Gasteiger partial charge in [-0.05, 0) is 31.5 Å². The van der Waals surface area contributed by atoms with Crippen LogP contribution in [-0.4, -0.2) is 20.1 Å². The fourth-order valence-corrected chi connectivity index (χ4v) is 3.89. The zero-order chi connectivity index (χ0) is 13.1. The van der Waals surface area contributed by atoms with Crippen LogP contribution >= 0.6 is 0 Å². The summed E-state index contributed by atoms with van der Waals surface area (Å²) < 4.78 is 0. The third-order valence-electron chi connectivity index (χ3n) is 4.92. The molecule has 1 aliphatic carbocycles. The molecule has 2 aliphatic rings. The molecule has 0 bridgehead atoms. The first-order valence-electron chi connectivity index (χ1n) is 7.80. The van der Waals surface area contributed by atoms with E-state index in [2.05, 4.69) is 34.5 Å². The molecule has 1 saturated carbocycles. The molecular formula is C17H26N2. The van der Waals surface area contributed by atoms with Crippen molar-refractivity contribution in [3.63, 3.8) is 0 Å². The van der Waals surface area contributed by atoms with E-state index in [0.717, 1.165) is 6.54 Å². The van der Waals surface area contributed by atoms with Crippen molar-refractivity contribution < 1.29 is 0 Å². The van der Waals surface area contributed by atoms with Gasteiger partial charge in [0.2, 0.25) is 0 Å². The first-order valence-corrected chi connectivity index (χ1v) is 7.80. The van der Waals surface area contributed by atoms with Gasteiger partial charge < -0.3 is 10.2 Å². The maximum Gasteiger partial charge on any atom is 0.0412 e. The lowest BCUT2D eigenvalue weighted by Gasteiger charge is -2.52. The number of hydrogen-bond donors (Lipinski definition) is 1. The Morgan fingerprint density at radius 3 is 2.42 bits per heavy atom. The van der Waals surface area contributed by atoms with Crippen molar-refractivity contribution in [2.75, 3.05) is 25.0 Å². The number of benzene rings is 1. The standard InChI is InChI=1S/C17H26N2/c1-18-12-15-8-4-5-9-16(15)19-13-17(14-19)10-6-2-3-7-11-17/h4-5,8-9,18H,2-3,6-7,10-14H2,1H3. The van der Waals surface area contributed by atoms with E-state index < -0.39 is 0 Å². The monoisotopic (exact) mass is 258 g/mol. The van der Waals surface area contributed by atoms with E-state index in [4.69, 9.17) is 0 Å². The molecule has 0 aromatic heterocycles. The smallest absolute Gasteiger partial charge is 0.0412 e. The van der Waals surface area contributed by atoms with Crippen LogP contribution in [0.15, 0.2) is 24.3 Å². The molecule has 104 valence electrons. The highest BCUT2D eigenvalue weighted by atomic mass is 15.2. The minimum absolute atomic E-state index is 0.656. The lowest BCUT2D eigenvalue weighted by molar-refractivity contribution is 0.180. The normalized spacial score (nSPS) is 22.1. The lowest BCUT2D eigenvalue weighted by Crippen LogP contribution is -2.56. The molecule has 19 heavy (non-hydrogen) atoms. The average molecular weight is 258 g/mol. The zero-order valence-electron chi connectivity index (χ0n) is 12.1. The van der Waals surface area contributed by atoms with E-state index in [9.17, 15) is 0 Å². The molecule has 0 radical (unpaired) electrons. The van der Waals surface area contributed by atoms with Crippen molar-refractivity contribution in [3.8, 4) is 0 Å². The predicted octanol–water partition coefficient (Wildman–Crippen LogP) is 3.57. The Balaban J connectivity index is 1.69. The molecule has 3 rings (SSSR count). The molecule has 1 aromatic rings. The number of nitrogens with zero attached hydrogens (tertiary/aromatic N) is 1. The Hall–Kier alpha value is -1.02. The Bertz CT molecular complexity index is 411. The highest BCUT2D eigenvalue weighted by Gasteiger charge is 2.42. The Morgan fingerprint density at radius 2 is 1.74 bits per heavy atom. The molecule has 0 unspecified atom stereocenters. The molecule has 2 nitrogen and oxygen atoms in total. The molecule has 1 heterocycles. The molecular weight excluding hydrogens is 232 g/mol. The van der Waals surface area contributed by atoms with Crippen LogP contribution < -0.4 is 10.2 Å². The van der Waals surface area contributed by atoms with Crippen molar-refractivity contribution in [2.24, 2.45) is 5.41 Å². The molecule has 0 atom stereocenters. The highest BCUT2D eigenvalue weighted by molar-refractivity contribution is 5.56. The highest BCUT2D eigenvalue weighted by Crippen LogP contribution is 2.45. The van der Waals surface area contributed by atoms with Gasteiger partial charge in [0.1, 0.15) is 0 Å². The van der Waals surface area contributed by atoms with Gasteiger partial charge >= 0.3 is 0 Å². The van der Waals surface area contributed by atoms with Crippen molar-refractivity contribution in [3.05, 3.63) is 29.8 Å². The first kappa shape index (κ1) is 13.0. The van der Waals surface area contributed by atoms with Gasteiger partial charge in [-0.3, -0.25) is 0 Å². The van der Waals surface area contributed by atoms with Crippen molar-refractivity contribution in [1.29, 1.82) is 0 Å². The molecule has 0 amide bonds. The average Bonchev–Trinajstić information content (AvgIpc) is 2.64. The topological polar surface area (TPSA) is 15.3 Å². The van der Waals surface area contributed by atoms with Gasteiger partial charge in [0.25, 0.3) is 0 Å². The number of rotatable bonds is 3. The van der Waals surface area contributed by atoms with Gasteiger partial charge in [-0.2, -0.15) is 0 Å². The van der Waals surface area contributed by atoms with Crippen LogP contribution in [0.1, 0.15) is 44.1 Å². The molecule has 2 fully saturated rings. The van der Waals surface area contributed by atoms with Crippen LogP contribution in [-0.2, 0) is 6.54 Å². The largest absolute Gasteiger partial charge is 0.370 e. The van der Waals surface area contributed by atoms with E-state index in [1.165, 1.54) is 62.9 Å². The van der Waals surface area contributed by atoms with Gasteiger partial charge in [0, 0.05) is 30.7 Å². The summed E-state index contributed by atoms with van der Waals surface area (Å²) in [5.74, 6) is 0. The lowest BCUT2D eigenvalue weighted by atomic mass is 9.73. The van der Waals surface area contributed by atoms with Crippen LogP contribution in [0.5, 0.6) is 0 Å². The van der Waals surface area contributed by atoms with Crippen LogP contribution in [0, 0.1) is 5.41 Å². The van der Waals surface area contributed by atoms with Gasteiger partial charge in [0.05, 0.1) is 0 Å². The summed E-state index contributed by atoms with van der Waals surface area (Å²) in [6.07, 6.45) is 8.73. The molecule has 1 N–H and O–H groups in total. The second kappa shape index (κ2) is 5.54. The van der Waals surface area contributed by atoms with Gasteiger partial charge in [0.15, 0.2) is 0 Å². The van der Waals surface area contributed by atoms with E-state index in [0.29, 0.717) is 5.41 Å². The fraction of sp³-hybridized carbons (Fsp3) is 0.647. The number of hydrogen-bond acceptors (Lipinski definition) is 2. The van der Waals surface area contributed by atoms with E-state index in [1.807, 2.05) is 7.05 Å². The first-order chi connectivity index (χ1) is 9.33. The van der Waals surface area contributed by atoms with Crippen molar-refractivity contribution >= 4 is 5.69 Å². The third-order valence-corrected chi connectivity index (χ3v) is 4.92. The molecule has 1 saturated heterocycles.